The molecule has 0 spiro atoms. The van der Waals surface area contributed by atoms with E-state index in [1.165, 1.54) is 34.6 Å². The van der Waals surface area contributed by atoms with Crippen LogP contribution in [0.3, 0.4) is 0 Å². The predicted molar refractivity (Wildman–Crippen MR) is 71.7 cm³/mol. The van der Waals surface area contributed by atoms with E-state index in [2.05, 4.69) is 9.72 Å². The Bertz CT molecular complexity index is 621. The van der Waals surface area contributed by atoms with Crippen molar-refractivity contribution in [1.82, 2.24) is 9.38 Å². The van der Waals surface area contributed by atoms with E-state index in [1.807, 2.05) is 0 Å². The first kappa shape index (κ1) is 13.8. The molecule has 0 saturated heterocycles. The number of imidazole rings is 1. The molecule has 0 aromatic carbocycles. The van der Waals surface area contributed by atoms with Crippen LogP contribution in [0.2, 0.25) is 0 Å². The Balaban J connectivity index is 2.24. The van der Waals surface area contributed by atoms with Gasteiger partial charge in [-0.05, 0) is 4.92 Å². The van der Waals surface area contributed by atoms with Crippen LogP contribution in [0.4, 0.5) is 5.82 Å². The molecular weight excluding hydrogens is 290 g/mol. The number of methoxy groups -OCH3 is 1. The average Bonchev–Trinajstić information content (AvgIpc) is 2.87. The van der Waals surface area contributed by atoms with E-state index in [-0.39, 0.29) is 23.5 Å². The van der Waals surface area contributed by atoms with Crippen molar-refractivity contribution in [3.8, 4) is 0 Å². The fraction of sp³-hybridized carbons (Fsp3) is 0.400. The van der Waals surface area contributed by atoms with Crippen LogP contribution >= 0.6 is 23.1 Å². The summed E-state index contributed by atoms with van der Waals surface area (Å²) in [5, 5.41) is 13.0. The van der Waals surface area contributed by atoms with Crippen molar-refractivity contribution in [2.45, 2.75) is 23.6 Å². The summed E-state index contributed by atoms with van der Waals surface area (Å²) in [5.74, 6) is -0.401. The van der Waals surface area contributed by atoms with E-state index in [0.717, 1.165) is 0 Å². The van der Waals surface area contributed by atoms with Crippen LogP contribution in [0.15, 0.2) is 16.6 Å². The second kappa shape index (κ2) is 5.57. The van der Waals surface area contributed by atoms with Gasteiger partial charge in [-0.25, -0.2) is 0 Å². The van der Waals surface area contributed by atoms with Gasteiger partial charge in [0, 0.05) is 10.6 Å². The van der Waals surface area contributed by atoms with Crippen molar-refractivity contribution in [2.24, 2.45) is 0 Å². The summed E-state index contributed by atoms with van der Waals surface area (Å²) in [5.41, 5.74) is 0. The molecule has 0 saturated carbocycles. The van der Waals surface area contributed by atoms with Crippen LogP contribution in [-0.2, 0) is 9.53 Å². The monoisotopic (exact) mass is 301 g/mol. The lowest BCUT2D eigenvalue weighted by atomic mass is 10.3. The number of hydrogen-bond acceptors (Lipinski definition) is 7. The molecule has 19 heavy (non-hydrogen) atoms. The Kier molecular flexibility index (Phi) is 4.05. The number of fused-ring (bicyclic) bond motifs is 1. The van der Waals surface area contributed by atoms with Crippen molar-refractivity contribution in [2.75, 3.05) is 7.11 Å². The molecule has 0 fully saturated rings. The van der Waals surface area contributed by atoms with Gasteiger partial charge in [0.1, 0.15) is 6.20 Å². The number of aromatic nitrogens is 2. The minimum absolute atomic E-state index is 0.0574. The summed E-state index contributed by atoms with van der Waals surface area (Å²) in [6.45, 7) is 1.80. The van der Waals surface area contributed by atoms with Crippen molar-refractivity contribution in [1.29, 1.82) is 0 Å². The topological polar surface area (TPSA) is 86.7 Å². The smallest absolute Gasteiger partial charge is 0.362 e. The molecule has 0 aliphatic rings. The Labute approximate surface area is 116 Å². The maximum atomic E-state index is 11.2. The van der Waals surface area contributed by atoms with Crippen molar-refractivity contribution in [3.63, 3.8) is 0 Å². The van der Waals surface area contributed by atoms with Gasteiger partial charge in [0.15, 0.2) is 5.03 Å². The van der Waals surface area contributed by atoms with Crippen LogP contribution in [0.5, 0.6) is 0 Å². The number of carbonyl (C=O) groups excluding carboxylic acids is 1. The SMILES string of the molecule is COC(=O)CC(C)Sc1nc2sccn2c1[N+](=O)[O-]. The second-order valence-electron chi connectivity index (χ2n) is 3.76. The number of carbonyl (C=O) groups is 1. The van der Waals surface area contributed by atoms with Crippen molar-refractivity contribution < 1.29 is 14.5 Å². The molecule has 2 heterocycles. The van der Waals surface area contributed by atoms with Crippen molar-refractivity contribution >= 4 is 39.8 Å². The standard InChI is InChI=1S/C10H11N3O4S2/c1-6(5-7(14)17-2)19-8-9(13(15)16)12-3-4-18-10(12)11-8/h3-4,6H,5H2,1-2H3. The van der Waals surface area contributed by atoms with E-state index in [1.54, 1.807) is 18.5 Å². The molecule has 1 unspecified atom stereocenters. The van der Waals surface area contributed by atoms with Gasteiger partial charge < -0.3 is 14.9 Å². The van der Waals surface area contributed by atoms with Crippen LogP contribution in [-0.4, -0.2) is 32.6 Å². The largest absolute Gasteiger partial charge is 0.469 e. The summed E-state index contributed by atoms with van der Waals surface area (Å²) in [6.07, 6.45) is 1.80. The molecule has 0 aliphatic carbocycles. The number of thioether (sulfide) groups is 1. The summed E-state index contributed by atoms with van der Waals surface area (Å²) in [4.78, 5) is 26.6. The Morgan fingerprint density at radius 3 is 3.11 bits per heavy atom. The van der Waals surface area contributed by atoms with Gasteiger partial charge >= 0.3 is 11.8 Å². The molecule has 9 heteroatoms. The molecule has 2 aromatic rings. The molecule has 7 nitrogen and oxygen atoms in total. The van der Waals surface area contributed by atoms with E-state index in [9.17, 15) is 14.9 Å². The Morgan fingerprint density at radius 1 is 1.74 bits per heavy atom. The number of thiazole rings is 1. The van der Waals surface area contributed by atoms with Crippen molar-refractivity contribution in [3.05, 3.63) is 21.7 Å². The Hall–Kier alpha value is -1.61. The third-order valence-electron chi connectivity index (χ3n) is 2.37. The van der Waals surface area contributed by atoms with E-state index >= 15 is 0 Å². The van der Waals surface area contributed by atoms with E-state index in [0.29, 0.717) is 9.99 Å². The zero-order chi connectivity index (χ0) is 14.0. The maximum absolute atomic E-state index is 11.2. The molecular formula is C10H11N3O4S2. The molecule has 0 bridgehead atoms. The van der Waals surface area contributed by atoms with Gasteiger partial charge in [0.05, 0.1) is 13.5 Å². The lowest BCUT2D eigenvalue weighted by Crippen LogP contribution is -2.08. The predicted octanol–water partition coefficient (Wildman–Crippen LogP) is 2.35. The van der Waals surface area contributed by atoms with Crippen LogP contribution in [0.25, 0.3) is 4.96 Å². The molecule has 2 aromatic heterocycles. The lowest BCUT2D eigenvalue weighted by Gasteiger charge is -2.07. The summed E-state index contributed by atoms with van der Waals surface area (Å²) in [6, 6.07) is 0. The average molecular weight is 301 g/mol. The number of rotatable bonds is 5. The summed E-state index contributed by atoms with van der Waals surface area (Å²) >= 11 is 2.53. The highest BCUT2D eigenvalue weighted by Gasteiger charge is 2.26. The number of nitro groups is 1. The number of hydrogen-bond donors (Lipinski definition) is 0. The third kappa shape index (κ3) is 2.87. The molecule has 2 rings (SSSR count). The maximum Gasteiger partial charge on any atom is 0.362 e. The molecule has 0 aliphatic heterocycles. The highest BCUT2D eigenvalue weighted by molar-refractivity contribution is 8.00. The highest BCUT2D eigenvalue weighted by Crippen LogP contribution is 2.34. The molecule has 0 N–H and O–H groups in total. The van der Waals surface area contributed by atoms with Crippen LogP contribution in [0.1, 0.15) is 13.3 Å². The fourth-order valence-electron chi connectivity index (χ4n) is 1.55. The van der Waals surface area contributed by atoms with Gasteiger partial charge in [0.25, 0.3) is 4.96 Å². The third-order valence-corrected chi connectivity index (χ3v) is 4.20. The first-order chi connectivity index (χ1) is 9.02. The second-order valence-corrected chi connectivity index (χ2v) is 6.06. The van der Waals surface area contributed by atoms with Crippen LogP contribution < -0.4 is 0 Å². The van der Waals surface area contributed by atoms with Crippen LogP contribution in [0, 0.1) is 10.1 Å². The van der Waals surface area contributed by atoms with Gasteiger partial charge in [-0.3, -0.25) is 4.79 Å². The molecule has 0 radical (unpaired) electrons. The zero-order valence-corrected chi connectivity index (χ0v) is 11.9. The molecule has 0 amide bonds. The molecule has 1 atom stereocenters. The number of esters is 1. The van der Waals surface area contributed by atoms with Gasteiger partial charge in [-0.15, -0.1) is 0 Å². The summed E-state index contributed by atoms with van der Waals surface area (Å²) in [7, 11) is 1.31. The molecule has 102 valence electrons. The van der Waals surface area contributed by atoms with Gasteiger partial charge in [0.2, 0.25) is 0 Å². The lowest BCUT2D eigenvalue weighted by molar-refractivity contribution is -0.393. The first-order valence-electron chi connectivity index (χ1n) is 5.36. The zero-order valence-electron chi connectivity index (χ0n) is 10.2. The fourth-order valence-corrected chi connectivity index (χ4v) is 3.33. The first-order valence-corrected chi connectivity index (χ1v) is 7.12. The van der Waals surface area contributed by atoms with E-state index < -0.39 is 4.92 Å². The minimum Gasteiger partial charge on any atom is -0.469 e. The minimum atomic E-state index is -0.458. The number of nitrogens with zero attached hydrogens (tertiary/aromatic N) is 3. The number of ether oxygens (including phenoxy) is 1. The Morgan fingerprint density at radius 2 is 2.47 bits per heavy atom. The van der Waals surface area contributed by atoms with E-state index in [4.69, 9.17) is 0 Å². The highest BCUT2D eigenvalue weighted by atomic mass is 32.2. The summed E-state index contributed by atoms with van der Waals surface area (Å²) < 4.78 is 6.01. The quantitative estimate of drug-likeness (QED) is 0.364. The normalized spacial score (nSPS) is 12.5. The van der Waals surface area contributed by atoms with Gasteiger partial charge in [-0.1, -0.05) is 30.0 Å². The van der Waals surface area contributed by atoms with Gasteiger partial charge in [-0.2, -0.15) is 9.38 Å².